The Hall–Kier alpha value is -0.650. The summed E-state index contributed by atoms with van der Waals surface area (Å²) in [5, 5.41) is 0. The Bertz CT molecular complexity index is 620. The molecule has 0 bridgehead atoms. The molecule has 2 nitrogen and oxygen atoms in total. The van der Waals surface area contributed by atoms with Crippen molar-refractivity contribution in [3.63, 3.8) is 0 Å². The lowest BCUT2D eigenvalue weighted by molar-refractivity contribution is 0.983. The van der Waals surface area contributed by atoms with Crippen molar-refractivity contribution in [2.75, 3.05) is 5.75 Å². The summed E-state index contributed by atoms with van der Waals surface area (Å²) < 4.78 is 1.50. The van der Waals surface area contributed by atoms with Gasteiger partial charge in [0.1, 0.15) is 10.5 Å². The molecule has 1 heterocycles. The Labute approximate surface area is 131 Å². The van der Waals surface area contributed by atoms with E-state index in [1.165, 1.54) is 4.90 Å². The minimum Gasteiger partial charge on any atom is -0.342 e. The molecular formula is C14H15BrN2S2. The Balaban J connectivity index is 2.41. The second-order valence-corrected chi connectivity index (χ2v) is 6.51. The number of aromatic amines is 1. The van der Waals surface area contributed by atoms with Crippen molar-refractivity contribution in [1.29, 1.82) is 0 Å². The molecule has 0 radical (unpaired) electrons. The van der Waals surface area contributed by atoms with Crippen molar-refractivity contribution in [3.8, 4) is 11.4 Å². The van der Waals surface area contributed by atoms with E-state index >= 15 is 0 Å². The molecule has 0 saturated carbocycles. The number of hydrogen-bond donors (Lipinski definition) is 1. The average molecular weight is 355 g/mol. The van der Waals surface area contributed by atoms with Gasteiger partial charge in [-0.25, -0.2) is 4.98 Å². The number of rotatable bonds is 4. The molecule has 0 aliphatic rings. The minimum absolute atomic E-state index is 0.609. The first-order chi connectivity index (χ1) is 9.15. The predicted molar refractivity (Wildman–Crippen MR) is 88.3 cm³/mol. The zero-order valence-electron chi connectivity index (χ0n) is 10.9. The van der Waals surface area contributed by atoms with E-state index < -0.39 is 0 Å². The largest absolute Gasteiger partial charge is 0.342 e. The molecule has 5 heteroatoms. The third-order valence-corrected chi connectivity index (χ3v) is 5.03. The summed E-state index contributed by atoms with van der Waals surface area (Å²) in [6.45, 7) is 4.25. The topological polar surface area (TPSA) is 28.7 Å². The molecule has 0 spiro atoms. The SMILES string of the molecule is CCSc1ccc(-c2nc(=S)c(Br)c(CC)[nH]2)cc1. The third-order valence-electron chi connectivity index (χ3n) is 2.73. The van der Waals surface area contributed by atoms with Crippen LogP contribution in [0.3, 0.4) is 0 Å². The maximum atomic E-state index is 5.28. The van der Waals surface area contributed by atoms with Gasteiger partial charge in [0, 0.05) is 16.2 Å². The number of H-pyrrole nitrogens is 1. The van der Waals surface area contributed by atoms with Gasteiger partial charge in [-0.05, 0) is 40.2 Å². The van der Waals surface area contributed by atoms with Crippen LogP contribution in [0.4, 0.5) is 0 Å². The van der Waals surface area contributed by atoms with E-state index in [9.17, 15) is 0 Å². The van der Waals surface area contributed by atoms with Gasteiger partial charge >= 0.3 is 0 Å². The standard InChI is InChI=1S/C14H15BrN2S2/c1-3-11-12(15)14(18)17-13(16-11)9-5-7-10(8-6-9)19-4-2/h5-8H,3-4H2,1-2H3,(H,16,17,18). The summed E-state index contributed by atoms with van der Waals surface area (Å²) in [5.41, 5.74) is 2.15. The van der Waals surface area contributed by atoms with Gasteiger partial charge in [-0.2, -0.15) is 0 Å². The number of hydrogen-bond acceptors (Lipinski definition) is 3. The molecule has 2 rings (SSSR count). The van der Waals surface area contributed by atoms with E-state index in [0.717, 1.165) is 33.7 Å². The van der Waals surface area contributed by atoms with Gasteiger partial charge in [-0.3, -0.25) is 0 Å². The van der Waals surface area contributed by atoms with Gasteiger partial charge in [0.05, 0.1) is 4.47 Å². The van der Waals surface area contributed by atoms with Crippen LogP contribution in [0.25, 0.3) is 11.4 Å². The van der Waals surface area contributed by atoms with Crippen LogP contribution >= 0.6 is 39.9 Å². The maximum Gasteiger partial charge on any atom is 0.144 e. The Morgan fingerprint density at radius 1 is 1.26 bits per heavy atom. The van der Waals surface area contributed by atoms with Crippen molar-refractivity contribution < 1.29 is 0 Å². The fraction of sp³-hybridized carbons (Fsp3) is 0.286. The van der Waals surface area contributed by atoms with Gasteiger partial charge < -0.3 is 4.98 Å². The number of halogens is 1. The molecule has 0 aliphatic carbocycles. The van der Waals surface area contributed by atoms with Crippen molar-refractivity contribution in [2.24, 2.45) is 0 Å². The Morgan fingerprint density at radius 3 is 2.53 bits per heavy atom. The number of aryl methyl sites for hydroxylation is 1. The molecular weight excluding hydrogens is 340 g/mol. The summed E-state index contributed by atoms with van der Waals surface area (Å²) in [5.74, 6) is 1.91. The van der Waals surface area contributed by atoms with Crippen LogP contribution in [0.1, 0.15) is 19.5 Å². The zero-order valence-corrected chi connectivity index (χ0v) is 14.1. The molecule has 2 aromatic rings. The first-order valence-electron chi connectivity index (χ1n) is 6.17. The average Bonchev–Trinajstić information content (AvgIpc) is 2.43. The lowest BCUT2D eigenvalue weighted by Crippen LogP contribution is -1.97. The maximum absolute atomic E-state index is 5.28. The van der Waals surface area contributed by atoms with Crippen LogP contribution < -0.4 is 0 Å². The van der Waals surface area contributed by atoms with Gasteiger partial charge in [0.25, 0.3) is 0 Å². The van der Waals surface area contributed by atoms with E-state index in [0.29, 0.717) is 4.64 Å². The Kier molecular flexibility index (Phi) is 5.19. The number of aromatic nitrogens is 2. The molecule has 0 amide bonds. The van der Waals surface area contributed by atoms with E-state index in [-0.39, 0.29) is 0 Å². The predicted octanol–water partition coefficient (Wildman–Crippen LogP) is 5.24. The molecule has 0 fully saturated rings. The van der Waals surface area contributed by atoms with Crippen molar-refractivity contribution in [2.45, 2.75) is 25.2 Å². The van der Waals surface area contributed by atoms with E-state index in [1.54, 1.807) is 0 Å². The molecule has 1 aromatic heterocycles. The molecule has 0 unspecified atom stereocenters. The van der Waals surface area contributed by atoms with Crippen molar-refractivity contribution >= 4 is 39.9 Å². The van der Waals surface area contributed by atoms with E-state index in [2.05, 4.69) is 64.0 Å². The fourth-order valence-corrected chi connectivity index (χ4v) is 3.11. The summed E-state index contributed by atoms with van der Waals surface area (Å²) in [6.07, 6.45) is 0.892. The molecule has 0 saturated heterocycles. The lowest BCUT2D eigenvalue weighted by atomic mass is 10.2. The molecule has 0 aliphatic heterocycles. The first-order valence-corrected chi connectivity index (χ1v) is 8.36. The molecule has 0 atom stereocenters. The van der Waals surface area contributed by atoms with Crippen LogP contribution in [0.2, 0.25) is 0 Å². The summed E-state index contributed by atoms with van der Waals surface area (Å²) in [4.78, 5) is 9.05. The van der Waals surface area contributed by atoms with E-state index in [4.69, 9.17) is 12.2 Å². The van der Waals surface area contributed by atoms with Gasteiger partial charge in [0.15, 0.2) is 0 Å². The molecule has 19 heavy (non-hydrogen) atoms. The first kappa shape index (κ1) is 14.8. The normalized spacial score (nSPS) is 10.7. The van der Waals surface area contributed by atoms with Crippen LogP contribution in [0, 0.1) is 4.64 Å². The Morgan fingerprint density at radius 2 is 1.95 bits per heavy atom. The fourth-order valence-electron chi connectivity index (χ4n) is 1.76. The lowest BCUT2D eigenvalue weighted by Gasteiger charge is -2.07. The summed E-state index contributed by atoms with van der Waals surface area (Å²) >= 11 is 10.6. The molecule has 1 aromatic carbocycles. The number of thioether (sulfide) groups is 1. The summed E-state index contributed by atoms with van der Waals surface area (Å²) in [6, 6.07) is 8.41. The highest BCUT2D eigenvalue weighted by molar-refractivity contribution is 9.10. The monoisotopic (exact) mass is 354 g/mol. The zero-order chi connectivity index (χ0) is 13.8. The number of nitrogens with one attached hydrogen (secondary N) is 1. The van der Waals surface area contributed by atoms with Gasteiger partial charge in [-0.1, -0.05) is 38.2 Å². The third kappa shape index (κ3) is 3.46. The van der Waals surface area contributed by atoms with Gasteiger partial charge in [0.2, 0.25) is 0 Å². The van der Waals surface area contributed by atoms with Crippen LogP contribution in [-0.4, -0.2) is 15.7 Å². The molecule has 1 N–H and O–H groups in total. The highest BCUT2D eigenvalue weighted by Crippen LogP contribution is 2.24. The second kappa shape index (κ2) is 6.68. The minimum atomic E-state index is 0.609. The highest BCUT2D eigenvalue weighted by atomic mass is 79.9. The second-order valence-electron chi connectivity index (χ2n) is 3.99. The van der Waals surface area contributed by atoms with Crippen LogP contribution in [0.5, 0.6) is 0 Å². The quantitative estimate of drug-likeness (QED) is 0.600. The van der Waals surface area contributed by atoms with Crippen LogP contribution in [0.15, 0.2) is 33.6 Å². The van der Waals surface area contributed by atoms with Crippen LogP contribution in [-0.2, 0) is 6.42 Å². The van der Waals surface area contributed by atoms with Crippen molar-refractivity contribution in [3.05, 3.63) is 39.1 Å². The number of nitrogens with zero attached hydrogens (tertiary/aromatic N) is 1. The summed E-state index contributed by atoms with van der Waals surface area (Å²) in [7, 11) is 0. The smallest absolute Gasteiger partial charge is 0.144 e. The van der Waals surface area contributed by atoms with E-state index in [1.807, 2.05) is 11.8 Å². The molecule has 100 valence electrons. The van der Waals surface area contributed by atoms with Crippen molar-refractivity contribution in [1.82, 2.24) is 9.97 Å². The van der Waals surface area contributed by atoms with Gasteiger partial charge in [-0.15, -0.1) is 11.8 Å². The number of benzene rings is 1. The highest BCUT2D eigenvalue weighted by Gasteiger charge is 2.06.